The first-order valence-electron chi connectivity index (χ1n) is 4.29. The fourth-order valence-corrected chi connectivity index (χ4v) is 1.24. The molecule has 0 amide bonds. The molecule has 0 fully saturated rings. The number of pyridine rings is 1. The van der Waals surface area contributed by atoms with Crippen LogP contribution in [0.3, 0.4) is 0 Å². The second-order valence-corrected chi connectivity index (χ2v) is 3.09. The van der Waals surface area contributed by atoms with Gasteiger partial charge in [0.15, 0.2) is 5.76 Å². The van der Waals surface area contributed by atoms with Crippen molar-refractivity contribution in [3.63, 3.8) is 0 Å². The largest absolute Gasteiger partial charge is 0.477 e. The number of nitrogens with zero attached hydrogens (tertiary/aromatic N) is 2. The summed E-state index contributed by atoms with van der Waals surface area (Å²) < 4.78 is 4.87. The van der Waals surface area contributed by atoms with Crippen molar-refractivity contribution in [1.82, 2.24) is 10.1 Å². The zero-order chi connectivity index (χ0) is 10.8. The molecule has 76 valence electrons. The summed E-state index contributed by atoms with van der Waals surface area (Å²) >= 11 is 0. The number of hydrogen-bond acceptors (Lipinski definition) is 4. The number of carboxylic acids is 1. The molecule has 0 aliphatic rings. The van der Waals surface area contributed by atoms with Crippen LogP contribution in [-0.4, -0.2) is 21.2 Å². The van der Waals surface area contributed by atoms with Crippen molar-refractivity contribution < 1.29 is 14.4 Å². The van der Waals surface area contributed by atoms with Crippen molar-refractivity contribution in [2.45, 2.75) is 6.92 Å². The Bertz CT molecular complexity index is 505. The molecule has 0 saturated carbocycles. The summed E-state index contributed by atoms with van der Waals surface area (Å²) in [6.45, 7) is 1.89. The Hall–Kier alpha value is -2.17. The van der Waals surface area contributed by atoms with E-state index >= 15 is 0 Å². The predicted octanol–water partition coefficient (Wildman–Crippen LogP) is 1.74. The van der Waals surface area contributed by atoms with Crippen LogP contribution >= 0.6 is 0 Å². The molecule has 2 heterocycles. The molecule has 5 nitrogen and oxygen atoms in total. The summed E-state index contributed by atoms with van der Waals surface area (Å²) in [4.78, 5) is 14.8. The molecule has 0 bridgehead atoms. The van der Waals surface area contributed by atoms with Crippen molar-refractivity contribution in [2.75, 3.05) is 0 Å². The lowest BCUT2D eigenvalue weighted by Gasteiger charge is -1.97. The molecule has 0 aliphatic carbocycles. The average molecular weight is 204 g/mol. The Morgan fingerprint density at radius 1 is 1.53 bits per heavy atom. The average Bonchev–Trinajstić information content (AvgIpc) is 2.65. The maximum atomic E-state index is 10.8. The maximum absolute atomic E-state index is 10.8. The summed E-state index contributed by atoms with van der Waals surface area (Å²) in [5.41, 5.74) is 1.48. The number of hydrogen-bond donors (Lipinski definition) is 1. The van der Waals surface area contributed by atoms with Crippen LogP contribution in [0.15, 0.2) is 29.0 Å². The third kappa shape index (κ3) is 1.71. The van der Waals surface area contributed by atoms with Gasteiger partial charge in [0.1, 0.15) is 11.3 Å². The van der Waals surface area contributed by atoms with Crippen LogP contribution in [0.4, 0.5) is 0 Å². The molecule has 5 heteroatoms. The molecule has 15 heavy (non-hydrogen) atoms. The molecule has 0 unspecified atom stereocenters. The van der Waals surface area contributed by atoms with E-state index in [0.717, 1.165) is 5.56 Å². The van der Waals surface area contributed by atoms with Crippen LogP contribution in [-0.2, 0) is 0 Å². The lowest BCUT2D eigenvalue weighted by molar-refractivity contribution is 0.0697. The van der Waals surface area contributed by atoms with E-state index in [1.807, 2.05) is 13.0 Å². The fourth-order valence-electron chi connectivity index (χ4n) is 1.24. The van der Waals surface area contributed by atoms with Gasteiger partial charge in [0.25, 0.3) is 0 Å². The van der Waals surface area contributed by atoms with Gasteiger partial charge in [0.2, 0.25) is 0 Å². The van der Waals surface area contributed by atoms with Crippen molar-refractivity contribution in [1.29, 1.82) is 0 Å². The topological polar surface area (TPSA) is 76.2 Å². The van der Waals surface area contributed by atoms with Gasteiger partial charge < -0.3 is 9.63 Å². The minimum absolute atomic E-state index is 0.0214. The summed E-state index contributed by atoms with van der Waals surface area (Å²) in [7, 11) is 0. The first kappa shape index (κ1) is 9.39. The van der Waals surface area contributed by atoms with Gasteiger partial charge >= 0.3 is 5.97 Å². The van der Waals surface area contributed by atoms with E-state index in [4.69, 9.17) is 9.63 Å². The van der Waals surface area contributed by atoms with Crippen LogP contribution in [0.5, 0.6) is 0 Å². The molecular formula is C10H8N2O3. The van der Waals surface area contributed by atoms with Gasteiger partial charge in [-0.05, 0) is 24.6 Å². The molecule has 2 aromatic heterocycles. The summed E-state index contributed by atoms with van der Waals surface area (Å²) in [6.07, 6.45) is 2.76. The number of carbonyl (C=O) groups is 1. The molecule has 0 spiro atoms. The van der Waals surface area contributed by atoms with Crippen LogP contribution < -0.4 is 0 Å². The van der Waals surface area contributed by atoms with Gasteiger partial charge in [-0.25, -0.2) is 4.79 Å². The van der Waals surface area contributed by atoms with Gasteiger partial charge in [-0.1, -0.05) is 5.16 Å². The van der Waals surface area contributed by atoms with E-state index in [2.05, 4.69) is 10.1 Å². The highest BCUT2D eigenvalue weighted by Gasteiger charge is 2.17. The smallest absolute Gasteiger partial charge is 0.341 e. The van der Waals surface area contributed by atoms with Gasteiger partial charge in [-0.15, -0.1) is 0 Å². The van der Waals surface area contributed by atoms with Gasteiger partial charge in [0, 0.05) is 6.20 Å². The van der Waals surface area contributed by atoms with Crippen molar-refractivity contribution in [3.05, 3.63) is 35.7 Å². The number of rotatable bonds is 2. The SMILES string of the molecule is Cc1ccnc(-c2oncc2C(=O)O)c1. The molecule has 0 aromatic carbocycles. The Morgan fingerprint density at radius 2 is 2.33 bits per heavy atom. The van der Waals surface area contributed by atoms with E-state index in [-0.39, 0.29) is 11.3 Å². The van der Waals surface area contributed by atoms with Crippen LogP contribution in [0, 0.1) is 6.92 Å². The molecule has 0 saturated heterocycles. The Balaban J connectivity index is 2.54. The molecule has 0 radical (unpaired) electrons. The Morgan fingerprint density at radius 3 is 3.00 bits per heavy atom. The van der Waals surface area contributed by atoms with E-state index in [1.54, 1.807) is 12.3 Å². The zero-order valence-corrected chi connectivity index (χ0v) is 7.97. The summed E-state index contributed by atoms with van der Waals surface area (Å²) in [5.74, 6) is -0.888. The lowest BCUT2D eigenvalue weighted by atomic mass is 10.1. The maximum Gasteiger partial charge on any atom is 0.341 e. The van der Waals surface area contributed by atoms with E-state index in [0.29, 0.717) is 5.69 Å². The van der Waals surface area contributed by atoms with Crippen molar-refractivity contribution in [3.8, 4) is 11.5 Å². The number of carboxylic acid groups (broad SMARTS) is 1. The highest BCUT2D eigenvalue weighted by atomic mass is 16.5. The number of aromatic carboxylic acids is 1. The van der Waals surface area contributed by atoms with E-state index < -0.39 is 5.97 Å². The lowest BCUT2D eigenvalue weighted by Crippen LogP contribution is -1.96. The molecule has 2 aromatic rings. The minimum atomic E-state index is -1.07. The first-order chi connectivity index (χ1) is 7.18. The van der Waals surface area contributed by atoms with Crippen molar-refractivity contribution in [2.24, 2.45) is 0 Å². The van der Waals surface area contributed by atoms with E-state index in [1.165, 1.54) is 6.20 Å². The first-order valence-corrected chi connectivity index (χ1v) is 4.29. The quantitative estimate of drug-likeness (QED) is 0.806. The van der Waals surface area contributed by atoms with Crippen LogP contribution in [0.2, 0.25) is 0 Å². The van der Waals surface area contributed by atoms with Crippen LogP contribution in [0.25, 0.3) is 11.5 Å². The molecule has 2 rings (SSSR count). The second kappa shape index (κ2) is 3.53. The highest BCUT2D eigenvalue weighted by molar-refractivity contribution is 5.93. The summed E-state index contributed by atoms with van der Waals surface area (Å²) in [6, 6.07) is 3.56. The van der Waals surface area contributed by atoms with Gasteiger partial charge in [0.05, 0.1) is 6.20 Å². The molecular weight excluding hydrogens is 196 g/mol. The monoisotopic (exact) mass is 204 g/mol. The van der Waals surface area contributed by atoms with Crippen LogP contribution in [0.1, 0.15) is 15.9 Å². The number of aryl methyl sites for hydroxylation is 1. The zero-order valence-electron chi connectivity index (χ0n) is 7.97. The highest BCUT2D eigenvalue weighted by Crippen LogP contribution is 2.21. The van der Waals surface area contributed by atoms with Gasteiger partial charge in [-0.2, -0.15) is 0 Å². The Kier molecular flexibility index (Phi) is 2.21. The second-order valence-electron chi connectivity index (χ2n) is 3.09. The third-order valence-electron chi connectivity index (χ3n) is 1.95. The third-order valence-corrected chi connectivity index (χ3v) is 1.95. The Labute approximate surface area is 85.4 Å². The fraction of sp³-hybridized carbons (Fsp3) is 0.100. The van der Waals surface area contributed by atoms with Gasteiger partial charge in [-0.3, -0.25) is 4.98 Å². The number of aromatic nitrogens is 2. The molecule has 0 aliphatic heterocycles. The summed E-state index contributed by atoms with van der Waals surface area (Å²) in [5, 5.41) is 12.3. The molecule has 1 N–H and O–H groups in total. The minimum Gasteiger partial charge on any atom is -0.477 e. The standard InChI is InChI=1S/C10H8N2O3/c1-6-2-3-11-8(4-6)9-7(10(13)14)5-12-15-9/h2-5H,1H3,(H,13,14). The predicted molar refractivity (Wildman–Crippen MR) is 51.4 cm³/mol. The normalized spacial score (nSPS) is 10.2. The van der Waals surface area contributed by atoms with E-state index in [9.17, 15) is 4.79 Å². The molecule has 0 atom stereocenters. The van der Waals surface area contributed by atoms with Crippen molar-refractivity contribution >= 4 is 5.97 Å².